The lowest BCUT2D eigenvalue weighted by Crippen LogP contribution is -2.56. The van der Waals surface area contributed by atoms with Gasteiger partial charge in [0, 0.05) is 28.5 Å². The molecule has 12 heteroatoms. The zero-order valence-electron chi connectivity index (χ0n) is 25.4. The molecular weight excluding hydrogens is 688 g/mol. The smallest absolute Gasteiger partial charge is 0.264 e. The Morgan fingerprint density at radius 2 is 1.35 bits per heavy atom. The molecule has 0 aliphatic carbocycles. The van der Waals surface area contributed by atoms with E-state index < -0.39 is 40.0 Å². The molecule has 0 aliphatic heterocycles. The van der Waals surface area contributed by atoms with Gasteiger partial charge in [-0.3, -0.25) is 13.9 Å². The lowest BCUT2D eigenvalue weighted by atomic mass is 10.0. The molecule has 0 radical (unpaired) electrons. The summed E-state index contributed by atoms with van der Waals surface area (Å²) in [6.07, 6.45) is 0.157. The van der Waals surface area contributed by atoms with Gasteiger partial charge in [-0.2, -0.15) is 0 Å². The highest BCUT2D eigenvalue weighted by Gasteiger charge is 2.36. The van der Waals surface area contributed by atoms with Crippen LogP contribution >= 0.6 is 46.4 Å². The van der Waals surface area contributed by atoms with Gasteiger partial charge in [-0.15, -0.1) is 0 Å². The Hall–Kier alpha value is -3.27. The van der Waals surface area contributed by atoms with Gasteiger partial charge in [-0.25, -0.2) is 8.42 Å². The molecule has 4 rings (SSSR count). The Labute approximate surface area is 290 Å². The van der Waals surface area contributed by atoms with E-state index in [2.05, 4.69) is 5.32 Å². The number of benzene rings is 4. The monoisotopic (exact) mass is 719 g/mol. The van der Waals surface area contributed by atoms with E-state index in [0.29, 0.717) is 10.6 Å². The SMILES string of the molecule is CC(C)(C)NC(=O)C(Cc1ccccc1)N(Cc1ccc(Cl)c(Cl)c1)C(=O)CN(c1cc(Cl)cc(Cl)c1)S(=O)(=O)c1ccccc1. The van der Waals surface area contributed by atoms with Crippen molar-refractivity contribution in [2.24, 2.45) is 0 Å². The van der Waals surface area contributed by atoms with Gasteiger partial charge in [0.15, 0.2) is 0 Å². The molecule has 0 spiro atoms. The minimum atomic E-state index is -4.31. The van der Waals surface area contributed by atoms with Crippen LogP contribution in [0.3, 0.4) is 0 Å². The van der Waals surface area contributed by atoms with Crippen LogP contribution in [-0.2, 0) is 32.6 Å². The van der Waals surface area contributed by atoms with Gasteiger partial charge in [0.25, 0.3) is 10.0 Å². The first-order valence-electron chi connectivity index (χ1n) is 14.3. The minimum Gasteiger partial charge on any atom is -0.350 e. The van der Waals surface area contributed by atoms with Crippen LogP contribution in [0.25, 0.3) is 0 Å². The second kappa shape index (κ2) is 15.1. The van der Waals surface area contributed by atoms with Gasteiger partial charge in [0.1, 0.15) is 12.6 Å². The molecule has 0 saturated heterocycles. The normalized spacial score (nSPS) is 12.3. The molecule has 1 unspecified atom stereocenters. The van der Waals surface area contributed by atoms with E-state index in [9.17, 15) is 18.0 Å². The van der Waals surface area contributed by atoms with Crippen molar-refractivity contribution in [3.63, 3.8) is 0 Å². The van der Waals surface area contributed by atoms with E-state index in [1.54, 1.807) is 36.4 Å². The zero-order chi connectivity index (χ0) is 33.6. The summed E-state index contributed by atoms with van der Waals surface area (Å²) in [5.74, 6) is -1.06. The standard InChI is InChI=1S/C34H33Cl4N3O4S/c1-34(2,3)39-33(43)31(17-23-10-6-4-7-11-23)40(21-24-14-15-29(37)30(38)16-24)32(42)22-41(27-19-25(35)18-26(36)20-27)46(44,45)28-12-8-5-9-13-28/h4-16,18-20,31H,17,21-22H2,1-3H3,(H,39,43). The number of hydrogen-bond donors (Lipinski definition) is 1. The van der Waals surface area contributed by atoms with Crippen molar-refractivity contribution in [1.29, 1.82) is 0 Å². The first-order valence-corrected chi connectivity index (χ1v) is 17.2. The van der Waals surface area contributed by atoms with E-state index in [0.717, 1.165) is 9.87 Å². The van der Waals surface area contributed by atoms with Crippen molar-refractivity contribution in [3.05, 3.63) is 128 Å². The number of carbonyl (C=O) groups is 2. The zero-order valence-corrected chi connectivity index (χ0v) is 29.2. The van der Waals surface area contributed by atoms with Crippen LogP contribution < -0.4 is 9.62 Å². The molecule has 0 heterocycles. The largest absolute Gasteiger partial charge is 0.350 e. The van der Waals surface area contributed by atoms with Crippen LogP contribution in [0.5, 0.6) is 0 Å². The minimum absolute atomic E-state index is 0.0405. The Morgan fingerprint density at radius 1 is 0.761 bits per heavy atom. The van der Waals surface area contributed by atoms with Gasteiger partial charge >= 0.3 is 0 Å². The highest BCUT2D eigenvalue weighted by molar-refractivity contribution is 7.92. The van der Waals surface area contributed by atoms with Gasteiger partial charge in [0.2, 0.25) is 11.8 Å². The Balaban J connectivity index is 1.85. The quantitative estimate of drug-likeness (QED) is 0.170. The van der Waals surface area contributed by atoms with Gasteiger partial charge in [0.05, 0.1) is 20.6 Å². The van der Waals surface area contributed by atoms with Crippen LogP contribution in [0.1, 0.15) is 31.9 Å². The van der Waals surface area contributed by atoms with Crippen molar-refractivity contribution >= 4 is 73.9 Å². The highest BCUT2D eigenvalue weighted by Crippen LogP contribution is 2.31. The maximum absolute atomic E-state index is 14.5. The number of carbonyl (C=O) groups excluding carboxylic acids is 2. The van der Waals surface area contributed by atoms with Crippen LogP contribution in [0, 0.1) is 0 Å². The lowest BCUT2D eigenvalue weighted by molar-refractivity contribution is -0.140. The van der Waals surface area contributed by atoms with Crippen molar-refractivity contribution < 1.29 is 18.0 Å². The van der Waals surface area contributed by atoms with Crippen LogP contribution in [-0.4, -0.2) is 43.3 Å². The van der Waals surface area contributed by atoms with Crippen LogP contribution in [0.15, 0.2) is 102 Å². The van der Waals surface area contributed by atoms with Gasteiger partial charge in [-0.05, 0) is 74.4 Å². The number of amides is 2. The predicted octanol–water partition coefficient (Wildman–Crippen LogP) is 8.05. The summed E-state index contributed by atoms with van der Waals surface area (Å²) < 4.78 is 29.1. The molecule has 0 aliphatic rings. The lowest BCUT2D eigenvalue weighted by Gasteiger charge is -2.35. The van der Waals surface area contributed by atoms with E-state index in [-0.39, 0.29) is 38.6 Å². The first-order chi connectivity index (χ1) is 21.6. The van der Waals surface area contributed by atoms with Gasteiger partial charge < -0.3 is 10.2 Å². The third kappa shape index (κ3) is 9.39. The summed E-state index contributed by atoms with van der Waals surface area (Å²) in [5.41, 5.74) is 0.860. The number of rotatable bonds is 11. The van der Waals surface area contributed by atoms with Crippen molar-refractivity contribution in [2.45, 2.75) is 50.2 Å². The summed E-state index contributed by atoms with van der Waals surface area (Å²) in [4.78, 5) is 29.8. The van der Waals surface area contributed by atoms with Crippen molar-refractivity contribution in [1.82, 2.24) is 10.2 Å². The fourth-order valence-corrected chi connectivity index (χ4v) is 7.03. The summed E-state index contributed by atoms with van der Waals surface area (Å²) in [6.45, 7) is 4.79. The molecule has 4 aromatic carbocycles. The molecule has 46 heavy (non-hydrogen) atoms. The average Bonchev–Trinajstić information content (AvgIpc) is 2.98. The molecule has 0 fully saturated rings. The van der Waals surface area contributed by atoms with E-state index in [1.165, 1.54) is 35.2 Å². The molecule has 2 amide bonds. The first kappa shape index (κ1) is 35.6. The molecule has 0 bridgehead atoms. The fraction of sp³-hybridized carbons (Fsp3) is 0.235. The molecule has 242 valence electrons. The number of sulfonamides is 1. The molecule has 1 N–H and O–H groups in total. The highest BCUT2D eigenvalue weighted by atomic mass is 35.5. The Kier molecular flexibility index (Phi) is 11.7. The maximum Gasteiger partial charge on any atom is 0.264 e. The molecule has 0 aromatic heterocycles. The topological polar surface area (TPSA) is 86.8 Å². The molecule has 1 atom stereocenters. The average molecular weight is 722 g/mol. The second-order valence-electron chi connectivity index (χ2n) is 11.7. The summed E-state index contributed by atoms with van der Waals surface area (Å²) >= 11 is 25.1. The number of anilines is 1. The molecule has 4 aromatic rings. The number of nitrogens with one attached hydrogen (secondary N) is 1. The number of nitrogens with zero attached hydrogens (tertiary/aromatic N) is 2. The van der Waals surface area contributed by atoms with Crippen molar-refractivity contribution in [2.75, 3.05) is 10.8 Å². The number of hydrogen-bond acceptors (Lipinski definition) is 4. The third-order valence-corrected chi connectivity index (χ3v) is 9.82. The van der Waals surface area contributed by atoms with Crippen LogP contribution in [0.4, 0.5) is 5.69 Å². The van der Waals surface area contributed by atoms with E-state index in [1.807, 2.05) is 51.1 Å². The van der Waals surface area contributed by atoms with Crippen molar-refractivity contribution in [3.8, 4) is 0 Å². The molecule has 7 nitrogen and oxygen atoms in total. The molecule has 0 saturated carbocycles. The van der Waals surface area contributed by atoms with E-state index >= 15 is 0 Å². The predicted molar refractivity (Wildman–Crippen MR) is 186 cm³/mol. The summed E-state index contributed by atoms with van der Waals surface area (Å²) in [5, 5.41) is 3.95. The number of halogens is 4. The van der Waals surface area contributed by atoms with Crippen LogP contribution in [0.2, 0.25) is 20.1 Å². The molecular formula is C34H33Cl4N3O4S. The third-order valence-electron chi connectivity index (χ3n) is 6.85. The Bertz CT molecular complexity index is 1780. The van der Waals surface area contributed by atoms with Gasteiger partial charge in [-0.1, -0.05) is 101 Å². The fourth-order valence-electron chi connectivity index (χ4n) is 4.77. The second-order valence-corrected chi connectivity index (χ2v) is 15.2. The summed E-state index contributed by atoms with van der Waals surface area (Å²) in [6, 6.07) is 25.2. The Morgan fingerprint density at radius 3 is 1.91 bits per heavy atom. The summed E-state index contributed by atoms with van der Waals surface area (Å²) in [7, 11) is -4.31. The maximum atomic E-state index is 14.5. The van der Waals surface area contributed by atoms with E-state index in [4.69, 9.17) is 46.4 Å².